The number of aromatic nitrogens is 1. The van der Waals surface area contributed by atoms with E-state index in [1.54, 1.807) is 30.4 Å². The SMILES string of the molecule is C[C@@H](Oc1ccc(F)cc1)C(=O)N1CCC[C@H](c2nc3ccccc3s2)C1. The van der Waals surface area contributed by atoms with E-state index in [1.807, 2.05) is 23.1 Å². The highest BCUT2D eigenvalue weighted by molar-refractivity contribution is 7.18. The lowest BCUT2D eigenvalue weighted by Crippen LogP contribution is -2.45. The number of thiazole rings is 1. The minimum Gasteiger partial charge on any atom is -0.481 e. The van der Waals surface area contributed by atoms with E-state index in [0.29, 0.717) is 12.3 Å². The van der Waals surface area contributed by atoms with Crippen molar-refractivity contribution in [2.24, 2.45) is 0 Å². The Morgan fingerprint density at radius 1 is 1.26 bits per heavy atom. The first-order valence-electron chi connectivity index (χ1n) is 9.16. The van der Waals surface area contributed by atoms with Crippen LogP contribution in [0.4, 0.5) is 4.39 Å². The maximum Gasteiger partial charge on any atom is 0.263 e. The second kappa shape index (κ2) is 7.64. The lowest BCUT2D eigenvalue weighted by atomic mass is 9.98. The van der Waals surface area contributed by atoms with Gasteiger partial charge in [-0.3, -0.25) is 4.79 Å². The summed E-state index contributed by atoms with van der Waals surface area (Å²) in [5.74, 6) is 0.399. The smallest absolute Gasteiger partial charge is 0.263 e. The number of likely N-dealkylation sites (tertiary alicyclic amines) is 1. The van der Waals surface area contributed by atoms with Crippen molar-refractivity contribution >= 4 is 27.5 Å². The molecule has 2 aromatic carbocycles. The van der Waals surface area contributed by atoms with Crippen molar-refractivity contribution in [2.45, 2.75) is 31.8 Å². The van der Waals surface area contributed by atoms with Gasteiger partial charge in [0.2, 0.25) is 0 Å². The van der Waals surface area contributed by atoms with E-state index in [4.69, 9.17) is 9.72 Å². The van der Waals surface area contributed by atoms with Crippen molar-refractivity contribution in [3.63, 3.8) is 0 Å². The van der Waals surface area contributed by atoms with E-state index >= 15 is 0 Å². The summed E-state index contributed by atoms with van der Waals surface area (Å²) in [5.41, 5.74) is 1.02. The summed E-state index contributed by atoms with van der Waals surface area (Å²) in [4.78, 5) is 19.5. The quantitative estimate of drug-likeness (QED) is 0.660. The van der Waals surface area contributed by atoms with E-state index in [2.05, 4.69) is 6.07 Å². The molecule has 1 aliphatic heterocycles. The second-order valence-corrected chi connectivity index (χ2v) is 7.92. The topological polar surface area (TPSA) is 42.4 Å². The van der Waals surface area contributed by atoms with Crippen LogP contribution >= 0.6 is 11.3 Å². The molecule has 4 rings (SSSR count). The molecule has 0 unspecified atom stereocenters. The van der Waals surface area contributed by atoms with Crippen LogP contribution in [0.2, 0.25) is 0 Å². The molecule has 1 aromatic heterocycles. The molecule has 4 nitrogen and oxygen atoms in total. The van der Waals surface area contributed by atoms with Gasteiger partial charge in [-0.2, -0.15) is 0 Å². The fourth-order valence-corrected chi connectivity index (χ4v) is 4.56. The molecule has 140 valence electrons. The second-order valence-electron chi connectivity index (χ2n) is 6.86. The van der Waals surface area contributed by atoms with Gasteiger partial charge in [-0.15, -0.1) is 11.3 Å². The summed E-state index contributed by atoms with van der Waals surface area (Å²) < 4.78 is 19.9. The molecule has 27 heavy (non-hydrogen) atoms. The number of rotatable bonds is 4. The number of benzene rings is 2. The maximum absolute atomic E-state index is 13.0. The van der Waals surface area contributed by atoms with Gasteiger partial charge >= 0.3 is 0 Å². The minimum atomic E-state index is -0.607. The fraction of sp³-hybridized carbons (Fsp3) is 0.333. The van der Waals surface area contributed by atoms with Crippen molar-refractivity contribution in [3.05, 3.63) is 59.4 Å². The monoisotopic (exact) mass is 384 g/mol. The third-order valence-corrected chi connectivity index (χ3v) is 6.07. The van der Waals surface area contributed by atoms with E-state index in [9.17, 15) is 9.18 Å². The molecule has 1 saturated heterocycles. The maximum atomic E-state index is 13.0. The molecule has 0 aliphatic carbocycles. The number of amides is 1. The summed E-state index contributed by atoms with van der Waals surface area (Å²) in [6, 6.07) is 13.9. The van der Waals surface area contributed by atoms with Crippen LogP contribution < -0.4 is 4.74 Å². The van der Waals surface area contributed by atoms with Crippen LogP contribution in [-0.4, -0.2) is 35.0 Å². The van der Waals surface area contributed by atoms with Crippen molar-refractivity contribution < 1.29 is 13.9 Å². The van der Waals surface area contributed by atoms with Gasteiger partial charge < -0.3 is 9.64 Å². The van der Waals surface area contributed by atoms with Gasteiger partial charge in [0.15, 0.2) is 6.10 Å². The van der Waals surface area contributed by atoms with Gasteiger partial charge in [-0.05, 0) is 56.2 Å². The lowest BCUT2D eigenvalue weighted by Gasteiger charge is -2.33. The Labute approximate surface area is 161 Å². The van der Waals surface area contributed by atoms with Crippen LogP contribution in [0, 0.1) is 5.82 Å². The molecule has 0 N–H and O–H groups in total. The number of hydrogen-bond acceptors (Lipinski definition) is 4. The summed E-state index contributed by atoms with van der Waals surface area (Å²) in [6.45, 7) is 3.14. The first-order valence-corrected chi connectivity index (χ1v) is 9.98. The Kier molecular flexibility index (Phi) is 5.07. The number of para-hydroxylation sites is 1. The van der Waals surface area contributed by atoms with Crippen LogP contribution in [0.1, 0.15) is 30.7 Å². The third kappa shape index (κ3) is 3.95. The highest BCUT2D eigenvalue weighted by Gasteiger charge is 2.30. The molecule has 2 heterocycles. The molecule has 2 atom stereocenters. The molecule has 1 fully saturated rings. The molecular formula is C21H21FN2O2S. The number of halogens is 1. The zero-order chi connectivity index (χ0) is 18.8. The van der Waals surface area contributed by atoms with Gasteiger partial charge in [0.1, 0.15) is 11.6 Å². The predicted octanol–water partition coefficient (Wildman–Crippen LogP) is 4.61. The first-order chi connectivity index (χ1) is 13.1. The summed E-state index contributed by atoms with van der Waals surface area (Å²) in [6.07, 6.45) is 1.39. The fourth-order valence-electron chi connectivity index (χ4n) is 3.47. The molecule has 0 saturated carbocycles. The summed E-state index contributed by atoms with van der Waals surface area (Å²) in [7, 11) is 0. The van der Waals surface area contributed by atoms with Crippen molar-refractivity contribution in [2.75, 3.05) is 13.1 Å². The molecule has 0 spiro atoms. The third-order valence-electron chi connectivity index (χ3n) is 4.87. The van der Waals surface area contributed by atoms with Crippen LogP contribution in [0.25, 0.3) is 10.2 Å². The highest BCUT2D eigenvalue weighted by atomic mass is 32.1. The van der Waals surface area contributed by atoms with Gasteiger partial charge in [-0.1, -0.05) is 12.1 Å². The Bertz CT molecular complexity index is 908. The number of hydrogen-bond donors (Lipinski definition) is 0. The summed E-state index contributed by atoms with van der Waals surface area (Å²) in [5, 5.41) is 1.10. The average Bonchev–Trinajstić information content (AvgIpc) is 3.13. The van der Waals surface area contributed by atoms with E-state index < -0.39 is 6.10 Å². The minimum absolute atomic E-state index is 0.0369. The highest BCUT2D eigenvalue weighted by Crippen LogP contribution is 2.33. The Hall–Kier alpha value is -2.47. The molecule has 1 aliphatic rings. The number of nitrogens with zero attached hydrogens (tertiary/aromatic N) is 2. The standard InChI is InChI=1S/C21H21FN2O2S/c1-14(26-17-10-8-16(22)9-11-17)21(25)24-12-4-5-15(13-24)20-23-18-6-2-3-7-19(18)27-20/h2-3,6-11,14-15H,4-5,12-13H2,1H3/t14-,15+/m1/s1. The number of carbonyl (C=O) groups is 1. The number of ether oxygens (including phenoxy) is 1. The van der Waals surface area contributed by atoms with Gasteiger partial charge in [-0.25, -0.2) is 9.37 Å². The van der Waals surface area contributed by atoms with Crippen LogP contribution in [0.3, 0.4) is 0 Å². The van der Waals surface area contributed by atoms with Crippen LogP contribution in [-0.2, 0) is 4.79 Å². The summed E-state index contributed by atoms with van der Waals surface area (Å²) >= 11 is 1.71. The Morgan fingerprint density at radius 2 is 2.04 bits per heavy atom. The van der Waals surface area contributed by atoms with E-state index in [0.717, 1.165) is 29.9 Å². The average molecular weight is 384 g/mol. The molecule has 0 radical (unpaired) electrons. The van der Waals surface area contributed by atoms with Crippen LogP contribution in [0.15, 0.2) is 48.5 Å². The van der Waals surface area contributed by atoms with E-state index in [-0.39, 0.29) is 17.6 Å². The van der Waals surface area contributed by atoms with Crippen molar-refractivity contribution in [1.82, 2.24) is 9.88 Å². The van der Waals surface area contributed by atoms with E-state index in [1.165, 1.54) is 16.8 Å². The predicted molar refractivity (Wildman–Crippen MR) is 105 cm³/mol. The zero-order valence-corrected chi connectivity index (χ0v) is 15.9. The molecule has 6 heteroatoms. The molecule has 0 bridgehead atoms. The van der Waals surface area contributed by atoms with Gasteiger partial charge in [0.05, 0.1) is 15.2 Å². The number of piperidine rings is 1. The molecule has 1 amide bonds. The number of carbonyl (C=O) groups excluding carboxylic acids is 1. The lowest BCUT2D eigenvalue weighted by molar-refractivity contribution is -0.139. The first kappa shape index (κ1) is 17.9. The Balaban J connectivity index is 1.43. The zero-order valence-electron chi connectivity index (χ0n) is 15.1. The molecular weight excluding hydrogens is 363 g/mol. The van der Waals surface area contributed by atoms with Gasteiger partial charge in [0, 0.05) is 19.0 Å². The van der Waals surface area contributed by atoms with Crippen molar-refractivity contribution in [1.29, 1.82) is 0 Å². The Morgan fingerprint density at radius 3 is 2.81 bits per heavy atom. The normalized spacial score (nSPS) is 18.4. The van der Waals surface area contributed by atoms with Crippen molar-refractivity contribution in [3.8, 4) is 5.75 Å². The van der Waals surface area contributed by atoms with Gasteiger partial charge in [0.25, 0.3) is 5.91 Å². The largest absolute Gasteiger partial charge is 0.481 e. The number of fused-ring (bicyclic) bond motifs is 1. The van der Waals surface area contributed by atoms with Crippen LogP contribution in [0.5, 0.6) is 5.75 Å². The molecule has 3 aromatic rings.